The summed E-state index contributed by atoms with van der Waals surface area (Å²) in [5.74, 6) is 1.41. The standard InChI is InChI=1S/C13H21N3O2/c1-5-10(3)9-15(6-2)13-7-11(4)12(8-14-13)16(17)18/h7-8,10H,5-6,9H2,1-4H3. The van der Waals surface area contributed by atoms with Gasteiger partial charge in [-0.05, 0) is 25.8 Å². The Morgan fingerprint density at radius 1 is 1.50 bits per heavy atom. The van der Waals surface area contributed by atoms with Crippen LogP contribution in [0.5, 0.6) is 0 Å². The molecule has 18 heavy (non-hydrogen) atoms. The van der Waals surface area contributed by atoms with Gasteiger partial charge in [0.2, 0.25) is 0 Å². The van der Waals surface area contributed by atoms with Gasteiger partial charge in [0.15, 0.2) is 0 Å². The summed E-state index contributed by atoms with van der Waals surface area (Å²) in [7, 11) is 0. The highest BCUT2D eigenvalue weighted by atomic mass is 16.6. The maximum Gasteiger partial charge on any atom is 0.290 e. The molecule has 1 atom stereocenters. The lowest BCUT2D eigenvalue weighted by atomic mass is 10.1. The van der Waals surface area contributed by atoms with Gasteiger partial charge in [-0.3, -0.25) is 10.1 Å². The van der Waals surface area contributed by atoms with Crippen LogP contribution in [0, 0.1) is 23.0 Å². The van der Waals surface area contributed by atoms with E-state index < -0.39 is 4.92 Å². The molecule has 1 aromatic rings. The molecule has 1 heterocycles. The summed E-state index contributed by atoms with van der Waals surface area (Å²) in [4.78, 5) is 16.7. The van der Waals surface area contributed by atoms with Crippen molar-refractivity contribution in [2.75, 3.05) is 18.0 Å². The first-order chi connectivity index (χ1) is 8.49. The minimum atomic E-state index is -0.392. The fourth-order valence-corrected chi connectivity index (χ4v) is 1.79. The van der Waals surface area contributed by atoms with E-state index in [4.69, 9.17) is 0 Å². The Labute approximate surface area is 108 Å². The maximum absolute atomic E-state index is 10.7. The monoisotopic (exact) mass is 251 g/mol. The number of nitro groups is 1. The molecule has 0 amide bonds. The molecule has 0 spiro atoms. The van der Waals surface area contributed by atoms with E-state index in [1.807, 2.05) is 0 Å². The van der Waals surface area contributed by atoms with Crippen LogP contribution in [0.4, 0.5) is 11.5 Å². The van der Waals surface area contributed by atoms with Gasteiger partial charge < -0.3 is 4.90 Å². The van der Waals surface area contributed by atoms with Crippen molar-refractivity contribution in [1.29, 1.82) is 0 Å². The SMILES string of the molecule is CCC(C)CN(CC)c1cc(C)c([N+](=O)[O-])cn1. The molecular weight excluding hydrogens is 230 g/mol. The van der Waals surface area contributed by atoms with E-state index in [1.165, 1.54) is 6.20 Å². The second kappa shape index (κ2) is 6.33. The molecule has 0 saturated carbocycles. The molecule has 0 aliphatic carbocycles. The first-order valence-corrected chi connectivity index (χ1v) is 6.35. The Kier molecular flexibility index (Phi) is 5.07. The molecule has 5 heteroatoms. The topological polar surface area (TPSA) is 59.3 Å². The zero-order valence-corrected chi connectivity index (χ0v) is 11.5. The summed E-state index contributed by atoms with van der Waals surface area (Å²) >= 11 is 0. The van der Waals surface area contributed by atoms with Crippen molar-refractivity contribution in [3.63, 3.8) is 0 Å². The lowest BCUT2D eigenvalue weighted by Crippen LogP contribution is -2.28. The number of aromatic nitrogens is 1. The number of rotatable bonds is 6. The highest BCUT2D eigenvalue weighted by Gasteiger charge is 2.15. The van der Waals surface area contributed by atoms with Crippen molar-refractivity contribution in [3.05, 3.63) is 27.9 Å². The molecule has 0 aliphatic rings. The van der Waals surface area contributed by atoms with Crippen molar-refractivity contribution >= 4 is 11.5 Å². The molecule has 0 bridgehead atoms. The number of nitrogens with zero attached hydrogens (tertiary/aromatic N) is 3. The van der Waals surface area contributed by atoms with E-state index >= 15 is 0 Å². The predicted octanol–water partition coefficient (Wildman–Crippen LogP) is 3.17. The zero-order valence-electron chi connectivity index (χ0n) is 11.5. The van der Waals surface area contributed by atoms with Gasteiger partial charge in [0.25, 0.3) is 5.69 Å². The van der Waals surface area contributed by atoms with Crippen molar-refractivity contribution in [1.82, 2.24) is 4.98 Å². The third-order valence-electron chi connectivity index (χ3n) is 3.20. The molecular formula is C13H21N3O2. The summed E-state index contributed by atoms with van der Waals surface area (Å²) < 4.78 is 0. The maximum atomic E-state index is 10.7. The minimum absolute atomic E-state index is 0.0818. The largest absolute Gasteiger partial charge is 0.357 e. The normalized spacial score (nSPS) is 12.2. The van der Waals surface area contributed by atoms with Crippen LogP contribution in [0.3, 0.4) is 0 Å². The van der Waals surface area contributed by atoms with Crippen molar-refractivity contribution in [3.8, 4) is 0 Å². The average Bonchev–Trinajstić information content (AvgIpc) is 2.34. The van der Waals surface area contributed by atoms with E-state index in [9.17, 15) is 10.1 Å². The van der Waals surface area contributed by atoms with Gasteiger partial charge in [0.05, 0.1) is 4.92 Å². The first kappa shape index (κ1) is 14.4. The number of hydrogen-bond donors (Lipinski definition) is 0. The summed E-state index contributed by atoms with van der Waals surface area (Å²) in [6.07, 6.45) is 2.46. The molecule has 100 valence electrons. The number of pyridine rings is 1. The smallest absolute Gasteiger partial charge is 0.290 e. The van der Waals surface area contributed by atoms with E-state index in [1.54, 1.807) is 13.0 Å². The Morgan fingerprint density at radius 3 is 2.61 bits per heavy atom. The lowest BCUT2D eigenvalue weighted by Gasteiger charge is -2.25. The van der Waals surface area contributed by atoms with Crippen LogP contribution in [0.2, 0.25) is 0 Å². The van der Waals surface area contributed by atoms with Crippen LogP contribution >= 0.6 is 0 Å². The van der Waals surface area contributed by atoms with Gasteiger partial charge in [-0.25, -0.2) is 4.98 Å². The quantitative estimate of drug-likeness (QED) is 0.575. The fourth-order valence-electron chi connectivity index (χ4n) is 1.79. The summed E-state index contributed by atoms with van der Waals surface area (Å²) in [6, 6.07) is 1.80. The second-order valence-electron chi connectivity index (χ2n) is 4.64. The van der Waals surface area contributed by atoms with Gasteiger partial charge in [-0.15, -0.1) is 0 Å². The van der Waals surface area contributed by atoms with Gasteiger partial charge >= 0.3 is 0 Å². The molecule has 0 radical (unpaired) electrons. The molecule has 5 nitrogen and oxygen atoms in total. The molecule has 1 unspecified atom stereocenters. The molecule has 0 aliphatic heterocycles. The van der Waals surface area contributed by atoms with Crippen molar-refractivity contribution in [2.45, 2.75) is 34.1 Å². The lowest BCUT2D eigenvalue weighted by molar-refractivity contribution is -0.385. The Balaban J connectivity index is 2.94. The molecule has 0 aromatic carbocycles. The van der Waals surface area contributed by atoms with E-state index in [0.717, 1.165) is 25.3 Å². The summed E-state index contributed by atoms with van der Waals surface area (Å²) in [6.45, 7) is 9.96. The van der Waals surface area contributed by atoms with Gasteiger partial charge in [0, 0.05) is 18.7 Å². The first-order valence-electron chi connectivity index (χ1n) is 6.35. The van der Waals surface area contributed by atoms with Crippen LogP contribution in [0.25, 0.3) is 0 Å². The van der Waals surface area contributed by atoms with E-state index in [0.29, 0.717) is 11.5 Å². The molecule has 1 rings (SSSR count). The van der Waals surface area contributed by atoms with Gasteiger partial charge in [0.1, 0.15) is 12.0 Å². The number of hydrogen-bond acceptors (Lipinski definition) is 4. The molecule has 0 fully saturated rings. The molecule has 0 N–H and O–H groups in total. The van der Waals surface area contributed by atoms with Crippen LogP contribution < -0.4 is 4.90 Å². The number of aryl methyl sites for hydroxylation is 1. The second-order valence-corrected chi connectivity index (χ2v) is 4.64. The van der Waals surface area contributed by atoms with E-state index in [2.05, 4.69) is 30.7 Å². The Morgan fingerprint density at radius 2 is 2.17 bits per heavy atom. The van der Waals surface area contributed by atoms with Crippen LogP contribution in [-0.4, -0.2) is 23.0 Å². The van der Waals surface area contributed by atoms with Crippen LogP contribution in [0.1, 0.15) is 32.8 Å². The third kappa shape index (κ3) is 3.42. The summed E-state index contributed by atoms with van der Waals surface area (Å²) in [5.41, 5.74) is 0.742. The highest BCUT2D eigenvalue weighted by molar-refractivity contribution is 5.48. The van der Waals surface area contributed by atoms with Crippen LogP contribution in [-0.2, 0) is 0 Å². The average molecular weight is 251 g/mol. The fraction of sp³-hybridized carbons (Fsp3) is 0.615. The van der Waals surface area contributed by atoms with Gasteiger partial charge in [-0.2, -0.15) is 0 Å². The van der Waals surface area contributed by atoms with Crippen molar-refractivity contribution < 1.29 is 4.92 Å². The Hall–Kier alpha value is -1.65. The minimum Gasteiger partial charge on any atom is -0.357 e. The number of anilines is 1. The van der Waals surface area contributed by atoms with E-state index in [-0.39, 0.29) is 5.69 Å². The summed E-state index contributed by atoms with van der Waals surface area (Å²) in [5, 5.41) is 10.7. The highest BCUT2D eigenvalue weighted by Crippen LogP contribution is 2.22. The molecule has 1 aromatic heterocycles. The molecule has 0 saturated heterocycles. The van der Waals surface area contributed by atoms with Crippen molar-refractivity contribution in [2.24, 2.45) is 5.92 Å². The third-order valence-corrected chi connectivity index (χ3v) is 3.20. The zero-order chi connectivity index (χ0) is 13.7. The van der Waals surface area contributed by atoms with Gasteiger partial charge in [-0.1, -0.05) is 20.3 Å². The van der Waals surface area contributed by atoms with Crippen LogP contribution in [0.15, 0.2) is 12.3 Å². The Bertz CT molecular complexity index is 421. The predicted molar refractivity (Wildman–Crippen MR) is 73.0 cm³/mol.